The largest absolute Gasteiger partial charge is 0.477 e. The molecule has 0 bridgehead atoms. The van der Waals surface area contributed by atoms with Gasteiger partial charge in [0.25, 0.3) is 0 Å². The van der Waals surface area contributed by atoms with E-state index in [2.05, 4.69) is 25.7 Å². The number of hydrogen-bond acceptors (Lipinski definition) is 6. The van der Waals surface area contributed by atoms with Gasteiger partial charge in [0.15, 0.2) is 5.82 Å². The van der Waals surface area contributed by atoms with E-state index >= 15 is 0 Å². The summed E-state index contributed by atoms with van der Waals surface area (Å²) in [6.07, 6.45) is 1.47. The second kappa shape index (κ2) is 4.74. The summed E-state index contributed by atoms with van der Waals surface area (Å²) in [6.45, 7) is 2.47. The summed E-state index contributed by atoms with van der Waals surface area (Å²) in [5.74, 6) is -0.00728. The number of nitrogens with zero attached hydrogens (tertiary/aromatic N) is 3. The minimum Gasteiger partial charge on any atom is -0.477 e. The van der Waals surface area contributed by atoms with E-state index in [-0.39, 0.29) is 5.69 Å². The zero-order valence-corrected chi connectivity index (χ0v) is 9.10. The lowest BCUT2D eigenvalue weighted by atomic mass is 10.2. The van der Waals surface area contributed by atoms with Crippen LogP contribution in [-0.2, 0) is 13.1 Å². The van der Waals surface area contributed by atoms with Crippen molar-refractivity contribution in [2.45, 2.75) is 20.0 Å². The normalized spacial score (nSPS) is 10.6. The average Bonchev–Trinajstić information content (AvgIpc) is 2.87. The number of H-pyrrole nitrogens is 1. The van der Waals surface area contributed by atoms with Crippen molar-refractivity contribution in [3.05, 3.63) is 29.2 Å². The molecule has 0 saturated carbocycles. The minimum absolute atomic E-state index is 0.0826. The minimum atomic E-state index is -1.03. The maximum Gasteiger partial charge on any atom is 0.354 e. The van der Waals surface area contributed by atoms with Gasteiger partial charge in [0, 0.05) is 12.1 Å². The summed E-state index contributed by atoms with van der Waals surface area (Å²) in [6, 6.07) is 0. The molecule has 0 aliphatic rings. The summed E-state index contributed by atoms with van der Waals surface area (Å²) < 4.78 is 4.90. The number of aryl methyl sites for hydroxylation is 1. The van der Waals surface area contributed by atoms with Gasteiger partial charge in [0.2, 0.25) is 5.89 Å². The van der Waals surface area contributed by atoms with E-state index in [0.29, 0.717) is 30.4 Å². The molecule has 0 saturated heterocycles. The molecule has 2 aromatic heterocycles. The lowest BCUT2D eigenvalue weighted by Gasteiger charge is -1.99. The topological polar surface area (TPSA) is 117 Å². The Morgan fingerprint density at radius 3 is 3.06 bits per heavy atom. The third-order valence-corrected chi connectivity index (χ3v) is 2.09. The summed E-state index contributed by atoms with van der Waals surface area (Å²) in [5, 5.41) is 21.6. The van der Waals surface area contributed by atoms with Crippen LogP contribution in [0.25, 0.3) is 0 Å². The van der Waals surface area contributed by atoms with Crippen LogP contribution in [0.3, 0.4) is 0 Å². The number of hydrogen-bond donors (Lipinski definition) is 3. The number of carboxylic acid groups (broad SMARTS) is 1. The van der Waals surface area contributed by atoms with Gasteiger partial charge < -0.3 is 14.9 Å². The zero-order valence-electron chi connectivity index (χ0n) is 9.10. The highest BCUT2D eigenvalue weighted by Gasteiger charge is 2.12. The second-order valence-corrected chi connectivity index (χ2v) is 3.41. The van der Waals surface area contributed by atoms with Crippen LogP contribution < -0.4 is 5.32 Å². The molecule has 0 atom stereocenters. The van der Waals surface area contributed by atoms with E-state index in [4.69, 9.17) is 9.63 Å². The number of carboxylic acids is 1. The van der Waals surface area contributed by atoms with Gasteiger partial charge in [0.1, 0.15) is 5.69 Å². The van der Waals surface area contributed by atoms with Crippen molar-refractivity contribution in [2.24, 2.45) is 0 Å². The van der Waals surface area contributed by atoms with E-state index in [1.165, 1.54) is 6.20 Å². The average molecular weight is 237 g/mol. The van der Waals surface area contributed by atoms with Crippen molar-refractivity contribution in [1.29, 1.82) is 0 Å². The van der Waals surface area contributed by atoms with Crippen LogP contribution in [0.1, 0.15) is 27.8 Å². The Bertz CT molecular complexity index is 518. The van der Waals surface area contributed by atoms with Gasteiger partial charge in [0.05, 0.1) is 12.7 Å². The van der Waals surface area contributed by atoms with Crippen molar-refractivity contribution >= 4 is 5.97 Å². The SMILES string of the molecule is Cc1noc(CNCc2cn[nH]c2C(=O)O)n1. The molecule has 0 aliphatic heterocycles. The maximum absolute atomic E-state index is 10.8. The van der Waals surface area contributed by atoms with Crippen molar-refractivity contribution in [1.82, 2.24) is 25.7 Å². The molecule has 17 heavy (non-hydrogen) atoms. The Morgan fingerprint density at radius 1 is 1.59 bits per heavy atom. The first-order valence-corrected chi connectivity index (χ1v) is 4.92. The van der Waals surface area contributed by atoms with Gasteiger partial charge >= 0.3 is 5.97 Å². The predicted molar refractivity (Wildman–Crippen MR) is 55.1 cm³/mol. The van der Waals surface area contributed by atoms with Crippen LogP contribution >= 0.6 is 0 Å². The van der Waals surface area contributed by atoms with E-state index in [9.17, 15) is 4.79 Å². The molecule has 2 heterocycles. The molecule has 2 aromatic rings. The molecule has 0 unspecified atom stereocenters. The van der Waals surface area contributed by atoms with E-state index in [1.54, 1.807) is 6.92 Å². The Hall–Kier alpha value is -2.22. The van der Waals surface area contributed by atoms with Crippen LogP contribution in [0, 0.1) is 6.92 Å². The third kappa shape index (κ3) is 2.67. The fourth-order valence-electron chi connectivity index (χ4n) is 1.35. The Labute approximate surface area is 96.0 Å². The summed E-state index contributed by atoms with van der Waals surface area (Å²) >= 11 is 0. The van der Waals surface area contributed by atoms with Gasteiger partial charge in [-0.25, -0.2) is 4.79 Å². The molecular formula is C9H11N5O3. The second-order valence-electron chi connectivity index (χ2n) is 3.41. The highest BCUT2D eigenvalue weighted by molar-refractivity contribution is 5.86. The van der Waals surface area contributed by atoms with Gasteiger partial charge in [-0.15, -0.1) is 0 Å². The first-order valence-electron chi connectivity index (χ1n) is 4.92. The highest BCUT2D eigenvalue weighted by atomic mass is 16.5. The number of rotatable bonds is 5. The van der Waals surface area contributed by atoms with E-state index in [0.717, 1.165) is 0 Å². The molecular weight excluding hydrogens is 226 g/mol. The van der Waals surface area contributed by atoms with Gasteiger partial charge in [-0.2, -0.15) is 10.1 Å². The summed E-state index contributed by atoms with van der Waals surface area (Å²) in [7, 11) is 0. The molecule has 0 amide bonds. The van der Waals surface area contributed by atoms with Gasteiger partial charge in [-0.05, 0) is 6.92 Å². The highest BCUT2D eigenvalue weighted by Crippen LogP contribution is 2.04. The standard InChI is InChI=1S/C9H11N5O3/c1-5-12-7(17-14-5)4-10-2-6-3-11-13-8(6)9(15)16/h3,10H,2,4H2,1H3,(H,11,13)(H,15,16). The van der Waals surface area contributed by atoms with Crippen LogP contribution in [0.2, 0.25) is 0 Å². The van der Waals surface area contributed by atoms with Crippen LogP contribution in [0.5, 0.6) is 0 Å². The maximum atomic E-state index is 10.8. The van der Waals surface area contributed by atoms with Crippen molar-refractivity contribution < 1.29 is 14.4 Å². The van der Waals surface area contributed by atoms with E-state index in [1.807, 2.05) is 0 Å². The molecule has 0 spiro atoms. The lowest BCUT2D eigenvalue weighted by molar-refractivity contribution is 0.0689. The number of carbonyl (C=O) groups is 1. The predicted octanol–water partition coefficient (Wildman–Crippen LogP) is 0.0891. The smallest absolute Gasteiger partial charge is 0.354 e. The quantitative estimate of drug-likeness (QED) is 0.674. The Morgan fingerprint density at radius 2 is 2.41 bits per heavy atom. The third-order valence-electron chi connectivity index (χ3n) is 2.09. The van der Waals surface area contributed by atoms with E-state index < -0.39 is 5.97 Å². The Balaban J connectivity index is 1.90. The molecule has 8 nitrogen and oxygen atoms in total. The van der Waals surface area contributed by atoms with Crippen molar-refractivity contribution in [3.8, 4) is 0 Å². The van der Waals surface area contributed by atoms with Crippen molar-refractivity contribution in [2.75, 3.05) is 0 Å². The monoisotopic (exact) mass is 237 g/mol. The van der Waals surface area contributed by atoms with Gasteiger partial charge in [-0.3, -0.25) is 5.10 Å². The summed E-state index contributed by atoms with van der Waals surface area (Å²) in [5.41, 5.74) is 0.660. The van der Waals surface area contributed by atoms with Gasteiger partial charge in [-0.1, -0.05) is 5.16 Å². The molecule has 0 radical (unpaired) electrons. The first kappa shape index (κ1) is 11.3. The molecule has 0 aromatic carbocycles. The number of aromatic amines is 1. The number of aromatic carboxylic acids is 1. The first-order chi connectivity index (χ1) is 8.16. The fraction of sp³-hybridized carbons (Fsp3) is 0.333. The molecule has 90 valence electrons. The molecule has 2 rings (SSSR count). The fourth-order valence-corrected chi connectivity index (χ4v) is 1.35. The molecule has 8 heteroatoms. The molecule has 0 aliphatic carbocycles. The zero-order chi connectivity index (χ0) is 12.3. The molecule has 3 N–H and O–H groups in total. The number of aromatic nitrogens is 4. The van der Waals surface area contributed by atoms with Crippen LogP contribution in [0.4, 0.5) is 0 Å². The van der Waals surface area contributed by atoms with Crippen LogP contribution in [-0.4, -0.2) is 31.4 Å². The van der Waals surface area contributed by atoms with Crippen LogP contribution in [0.15, 0.2) is 10.7 Å². The molecule has 0 fully saturated rings. The number of nitrogens with one attached hydrogen (secondary N) is 2. The lowest BCUT2D eigenvalue weighted by Crippen LogP contribution is -2.15. The van der Waals surface area contributed by atoms with Crippen molar-refractivity contribution in [3.63, 3.8) is 0 Å². The summed E-state index contributed by atoms with van der Waals surface area (Å²) in [4.78, 5) is 14.8. The Kier molecular flexibility index (Phi) is 3.15.